The number of benzene rings is 2. The average molecular weight is 269 g/mol. The molecule has 0 spiro atoms. The Balaban J connectivity index is 2.01. The molecule has 0 aliphatic heterocycles. The number of hydrogen-bond acceptors (Lipinski definition) is 3. The number of hydrogen-bond donors (Lipinski definition) is 1. The molecule has 104 valence electrons. The Bertz CT molecular complexity index is 552. The van der Waals surface area contributed by atoms with Crippen LogP contribution in [-0.2, 0) is 16.0 Å². The molecule has 0 saturated heterocycles. The van der Waals surface area contributed by atoms with E-state index in [2.05, 4.69) is 28.3 Å². The maximum atomic E-state index is 11.1. The van der Waals surface area contributed by atoms with Crippen molar-refractivity contribution in [1.82, 2.24) is 0 Å². The number of anilines is 1. The maximum Gasteiger partial charge on any atom is 0.307 e. The summed E-state index contributed by atoms with van der Waals surface area (Å²) in [6.07, 6.45) is 1.25. The molecule has 2 aromatic rings. The van der Waals surface area contributed by atoms with Gasteiger partial charge in [-0.15, -0.1) is 0 Å². The van der Waals surface area contributed by atoms with Gasteiger partial charge in [0.2, 0.25) is 0 Å². The summed E-state index contributed by atoms with van der Waals surface area (Å²) in [6, 6.07) is 18.5. The SMILES string of the molecule is COC(=O)CCNc1ccccc1Cc1ccccc1. The third-order valence-electron chi connectivity index (χ3n) is 3.13. The van der Waals surface area contributed by atoms with Crippen LogP contribution in [0.5, 0.6) is 0 Å². The third kappa shape index (κ3) is 4.12. The highest BCUT2D eigenvalue weighted by Crippen LogP contribution is 2.19. The van der Waals surface area contributed by atoms with E-state index in [-0.39, 0.29) is 5.97 Å². The lowest BCUT2D eigenvalue weighted by Gasteiger charge is -2.11. The van der Waals surface area contributed by atoms with Gasteiger partial charge in [0.05, 0.1) is 13.5 Å². The quantitative estimate of drug-likeness (QED) is 0.818. The zero-order chi connectivity index (χ0) is 14.2. The topological polar surface area (TPSA) is 38.3 Å². The van der Waals surface area contributed by atoms with Crippen LogP contribution in [0.1, 0.15) is 17.5 Å². The number of methoxy groups -OCH3 is 1. The zero-order valence-corrected chi connectivity index (χ0v) is 11.6. The summed E-state index contributed by atoms with van der Waals surface area (Å²) in [5, 5.41) is 3.30. The molecule has 0 aromatic heterocycles. The Kier molecular flexibility index (Phi) is 5.18. The third-order valence-corrected chi connectivity index (χ3v) is 3.13. The Morgan fingerprint density at radius 2 is 1.75 bits per heavy atom. The van der Waals surface area contributed by atoms with Crippen LogP contribution in [0.25, 0.3) is 0 Å². The van der Waals surface area contributed by atoms with Gasteiger partial charge in [-0.2, -0.15) is 0 Å². The van der Waals surface area contributed by atoms with Gasteiger partial charge >= 0.3 is 5.97 Å². The number of esters is 1. The fourth-order valence-electron chi connectivity index (χ4n) is 2.06. The first-order valence-corrected chi connectivity index (χ1v) is 6.72. The van der Waals surface area contributed by atoms with E-state index in [4.69, 9.17) is 0 Å². The zero-order valence-electron chi connectivity index (χ0n) is 11.6. The first-order valence-electron chi connectivity index (χ1n) is 6.72. The lowest BCUT2D eigenvalue weighted by Crippen LogP contribution is -2.10. The molecule has 0 aliphatic carbocycles. The second kappa shape index (κ2) is 7.34. The van der Waals surface area contributed by atoms with Gasteiger partial charge in [-0.3, -0.25) is 4.79 Å². The van der Waals surface area contributed by atoms with Crippen LogP contribution in [0, 0.1) is 0 Å². The molecule has 0 saturated carbocycles. The Labute approximate surface area is 119 Å². The molecule has 0 radical (unpaired) electrons. The molecule has 0 atom stereocenters. The highest BCUT2D eigenvalue weighted by Gasteiger charge is 2.04. The largest absolute Gasteiger partial charge is 0.469 e. The van der Waals surface area contributed by atoms with E-state index in [1.54, 1.807) is 0 Å². The number of para-hydroxylation sites is 1. The van der Waals surface area contributed by atoms with Crippen LogP contribution < -0.4 is 5.32 Å². The summed E-state index contributed by atoms with van der Waals surface area (Å²) in [7, 11) is 1.41. The van der Waals surface area contributed by atoms with E-state index < -0.39 is 0 Å². The molecule has 0 bridgehead atoms. The molecule has 0 amide bonds. The van der Waals surface area contributed by atoms with Crippen LogP contribution in [0.2, 0.25) is 0 Å². The van der Waals surface area contributed by atoms with Crippen molar-refractivity contribution in [3.8, 4) is 0 Å². The number of carbonyl (C=O) groups is 1. The molecule has 3 heteroatoms. The molecule has 1 N–H and O–H groups in total. The summed E-state index contributed by atoms with van der Waals surface area (Å²) >= 11 is 0. The van der Waals surface area contributed by atoms with E-state index in [1.165, 1.54) is 18.2 Å². The minimum Gasteiger partial charge on any atom is -0.469 e. The molecule has 0 fully saturated rings. The number of carbonyl (C=O) groups excluding carboxylic acids is 1. The minimum absolute atomic E-state index is 0.196. The van der Waals surface area contributed by atoms with Gasteiger partial charge in [0, 0.05) is 12.2 Å². The monoisotopic (exact) mass is 269 g/mol. The van der Waals surface area contributed by atoms with Crippen molar-refractivity contribution < 1.29 is 9.53 Å². The molecular formula is C17H19NO2. The van der Waals surface area contributed by atoms with Crippen LogP contribution in [0.15, 0.2) is 54.6 Å². The first kappa shape index (κ1) is 14.1. The van der Waals surface area contributed by atoms with E-state index in [9.17, 15) is 4.79 Å². The van der Waals surface area contributed by atoms with Crippen molar-refractivity contribution in [2.75, 3.05) is 19.0 Å². The summed E-state index contributed by atoms with van der Waals surface area (Å²) in [6.45, 7) is 0.582. The molecular weight excluding hydrogens is 250 g/mol. The van der Waals surface area contributed by atoms with Gasteiger partial charge in [0.25, 0.3) is 0 Å². The van der Waals surface area contributed by atoms with E-state index >= 15 is 0 Å². The molecule has 2 aromatic carbocycles. The van der Waals surface area contributed by atoms with E-state index in [1.807, 2.05) is 36.4 Å². The number of ether oxygens (including phenoxy) is 1. The second-order valence-electron chi connectivity index (χ2n) is 4.57. The molecule has 2 rings (SSSR count). The number of nitrogens with one attached hydrogen (secondary N) is 1. The fraction of sp³-hybridized carbons (Fsp3) is 0.235. The first-order chi connectivity index (χ1) is 9.79. The van der Waals surface area contributed by atoms with Crippen molar-refractivity contribution in [2.45, 2.75) is 12.8 Å². The summed E-state index contributed by atoms with van der Waals surface area (Å²) in [4.78, 5) is 11.1. The van der Waals surface area contributed by atoms with Crippen molar-refractivity contribution in [1.29, 1.82) is 0 Å². The fourth-order valence-corrected chi connectivity index (χ4v) is 2.06. The van der Waals surface area contributed by atoms with Crippen LogP contribution in [0.4, 0.5) is 5.69 Å². The molecule has 0 unspecified atom stereocenters. The Morgan fingerprint density at radius 3 is 2.50 bits per heavy atom. The van der Waals surface area contributed by atoms with Gasteiger partial charge in [0.1, 0.15) is 0 Å². The van der Waals surface area contributed by atoms with Crippen molar-refractivity contribution in [2.24, 2.45) is 0 Å². The lowest BCUT2D eigenvalue weighted by atomic mass is 10.0. The summed E-state index contributed by atoms with van der Waals surface area (Å²) in [5.74, 6) is -0.196. The lowest BCUT2D eigenvalue weighted by molar-refractivity contribution is -0.140. The van der Waals surface area contributed by atoms with Crippen molar-refractivity contribution >= 4 is 11.7 Å². The van der Waals surface area contributed by atoms with E-state index in [0.29, 0.717) is 13.0 Å². The van der Waals surface area contributed by atoms with Crippen molar-refractivity contribution in [3.63, 3.8) is 0 Å². The highest BCUT2D eigenvalue weighted by atomic mass is 16.5. The molecule has 0 heterocycles. The maximum absolute atomic E-state index is 11.1. The van der Waals surface area contributed by atoms with Crippen LogP contribution in [0.3, 0.4) is 0 Å². The number of rotatable bonds is 6. The van der Waals surface area contributed by atoms with Gasteiger partial charge < -0.3 is 10.1 Å². The normalized spacial score (nSPS) is 10.1. The Hall–Kier alpha value is -2.29. The van der Waals surface area contributed by atoms with Gasteiger partial charge in [-0.1, -0.05) is 48.5 Å². The van der Waals surface area contributed by atoms with Crippen LogP contribution >= 0.6 is 0 Å². The average Bonchev–Trinajstić information content (AvgIpc) is 2.50. The highest BCUT2D eigenvalue weighted by molar-refractivity contribution is 5.70. The molecule has 0 aliphatic rings. The van der Waals surface area contributed by atoms with Crippen LogP contribution in [-0.4, -0.2) is 19.6 Å². The predicted octanol–water partition coefficient (Wildman–Crippen LogP) is 3.25. The Morgan fingerprint density at radius 1 is 1.05 bits per heavy atom. The smallest absolute Gasteiger partial charge is 0.307 e. The van der Waals surface area contributed by atoms with Crippen molar-refractivity contribution in [3.05, 3.63) is 65.7 Å². The summed E-state index contributed by atoms with van der Waals surface area (Å²) < 4.78 is 4.64. The van der Waals surface area contributed by atoms with E-state index in [0.717, 1.165) is 12.1 Å². The van der Waals surface area contributed by atoms with Gasteiger partial charge in [0.15, 0.2) is 0 Å². The van der Waals surface area contributed by atoms with Gasteiger partial charge in [-0.25, -0.2) is 0 Å². The molecule has 20 heavy (non-hydrogen) atoms. The van der Waals surface area contributed by atoms with Gasteiger partial charge in [-0.05, 0) is 23.6 Å². The predicted molar refractivity (Wildman–Crippen MR) is 80.8 cm³/mol. The standard InChI is InChI=1S/C17H19NO2/c1-20-17(19)11-12-18-16-10-6-5-9-15(16)13-14-7-3-2-4-8-14/h2-10,18H,11-13H2,1H3. The summed E-state index contributed by atoms with van der Waals surface area (Å²) in [5.41, 5.74) is 3.57. The minimum atomic E-state index is -0.196. The second-order valence-corrected chi connectivity index (χ2v) is 4.57. The molecule has 3 nitrogen and oxygen atoms in total.